The summed E-state index contributed by atoms with van der Waals surface area (Å²) in [5.74, 6) is 0. The van der Waals surface area contributed by atoms with Gasteiger partial charge in [-0.15, -0.1) is 0 Å². The van der Waals surface area contributed by atoms with Crippen molar-refractivity contribution in [2.24, 2.45) is 0 Å². The van der Waals surface area contributed by atoms with Gasteiger partial charge in [-0.25, -0.2) is 0 Å². The van der Waals surface area contributed by atoms with E-state index in [1.54, 1.807) is 0 Å². The number of hydrogen-bond donors (Lipinski definition) is 0. The molecule has 0 aromatic heterocycles. The van der Waals surface area contributed by atoms with Gasteiger partial charge in [-0.05, 0) is 58.7 Å². The standard InChI is InChI=1S/C19H14Br2S/c1-22(15-5-3-2-4-6-15)18-11-13(20)7-9-16(18)17-10-8-14(21)12-19(17)22/h2-12H,1H3. The zero-order valence-corrected chi connectivity index (χ0v) is 16.0. The van der Waals surface area contributed by atoms with Crippen molar-refractivity contribution in [2.45, 2.75) is 14.7 Å². The molecule has 0 N–H and O–H groups in total. The van der Waals surface area contributed by atoms with E-state index < -0.39 is 10.0 Å². The molecule has 0 unspecified atom stereocenters. The first-order chi connectivity index (χ1) is 10.6. The summed E-state index contributed by atoms with van der Waals surface area (Å²) in [5, 5.41) is 0. The molecule has 1 aliphatic heterocycles. The van der Waals surface area contributed by atoms with E-state index in [4.69, 9.17) is 0 Å². The summed E-state index contributed by atoms with van der Waals surface area (Å²) in [5.41, 5.74) is 2.74. The molecule has 0 saturated heterocycles. The van der Waals surface area contributed by atoms with E-state index >= 15 is 0 Å². The smallest absolute Gasteiger partial charge is 0.0186 e. The Morgan fingerprint density at radius 1 is 0.682 bits per heavy atom. The molecule has 0 saturated carbocycles. The Morgan fingerprint density at radius 2 is 1.18 bits per heavy atom. The summed E-state index contributed by atoms with van der Waals surface area (Å²) in [4.78, 5) is 4.30. The number of benzene rings is 3. The molecule has 0 fully saturated rings. The van der Waals surface area contributed by atoms with Crippen molar-refractivity contribution in [1.82, 2.24) is 0 Å². The summed E-state index contributed by atoms with van der Waals surface area (Å²) in [7, 11) is -1.21. The van der Waals surface area contributed by atoms with Crippen LogP contribution in [0, 0.1) is 0 Å². The van der Waals surface area contributed by atoms with E-state index in [0.717, 1.165) is 8.95 Å². The Labute approximate surface area is 149 Å². The quantitative estimate of drug-likeness (QED) is 0.383. The number of rotatable bonds is 1. The minimum Gasteiger partial charge on any atom is -0.162 e. The number of halogens is 2. The zero-order chi connectivity index (χ0) is 15.3. The van der Waals surface area contributed by atoms with Crippen LogP contribution in [0.3, 0.4) is 0 Å². The molecule has 0 bridgehead atoms. The molecule has 0 amide bonds. The van der Waals surface area contributed by atoms with Crippen LogP contribution in [0.15, 0.2) is 90.4 Å². The Balaban J connectivity index is 2.11. The lowest BCUT2D eigenvalue weighted by Crippen LogP contribution is -1.97. The van der Waals surface area contributed by atoms with Crippen LogP contribution < -0.4 is 0 Å². The molecular formula is C19H14Br2S. The number of fused-ring (bicyclic) bond motifs is 3. The summed E-state index contributed by atoms with van der Waals surface area (Å²) in [6.45, 7) is 0. The third-order valence-electron chi connectivity index (χ3n) is 4.27. The van der Waals surface area contributed by atoms with Crippen LogP contribution in [0.2, 0.25) is 0 Å². The molecular weight excluding hydrogens is 420 g/mol. The highest BCUT2D eigenvalue weighted by molar-refractivity contribution is 9.10. The van der Waals surface area contributed by atoms with E-state index in [9.17, 15) is 0 Å². The van der Waals surface area contributed by atoms with Gasteiger partial charge in [-0.3, -0.25) is 0 Å². The van der Waals surface area contributed by atoms with Crippen LogP contribution in [-0.4, -0.2) is 6.26 Å². The Kier molecular flexibility index (Phi) is 3.48. The third-order valence-corrected chi connectivity index (χ3v) is 8.91. The zero-order valence-electron chi connectivity index (χ0n) is 12.0. The van der Waals surface area contributed by atoms with E-state index in [2.05, 4.69) is 105 Å². The Morgan fingerprint density at radius 3 is 1.68 bits per heavy atom. The van der Waals surface area contributed by atoms with Gasteiger partial charge in [-0.2, -0.15) is 10.0 Å². The van der Waals surface area contributed by atoms with Crippen LogP contribution in [0.5, 0.6) is 0 Å². The maximum Gasteiger partial charge on any atom is 0.0186 e. The molecule has 110 valence electrons. The predicted octanol–water partition coefficient (Wildman–Crippen LogP) is 7.10. The van der Waals surface area contributed by atoms with Crippen molar-refractivity contribution in [1.29, 1.82) is 0 Å². The lowest BCUT2D eigenvalue weighted by atomic mass is 10.1. The molecule has 0 spiro atoms. The minimum atomic E-state index is -1.21. The van der Waals surface area contributed by atoms with Crippen molar-refractivity contribution < 1.29 is 0 Å². The normalized spacial score (nSPS) is 16.0. The van der Waals surface area contributed by atoms with Gasteiger partial charge >= 0.3 is 0 Å². The van der Waals surface area contributed by atoms with Crippen LogP contribution in [0.1, 0.15) is 0 Å². The molecule has 0 radical (unpaired) electrons. The fourth-order valence-corrected chi connectivity index (χ4v) is 7.61. The van der Waals surface area contributed by atoms with Crippen molar-refractivity contribution in [3.63, 3.8) is 0 Å². The van der Waals surface area contributed by atoms with Crippen molar-refractivity contribution in [2.75, 3.05) is 6.26 Å². The maximum absolute atomic E-state index is 3.65. The highest BCUT2D eigenvalue weighted by Crippen LogP contribution is 2.74. The second-order valence-corrected chi connectivity index (χ2v) is 10.5. The van der Waals surface area contributed by atoms with Gasteiger partial charge in [0, 0.05) is 18.7 Å². The maximum atomic E-state index is 3.65. The minimum absolute atomic E-state index is 1.15. The summed E-state index contributed by atoms with van der Waals surface area (Å²) >= 11 is 7.30. The van der Waals surface area contributed by atoms with Crippen molar-refractivity contribution in [3.05, 3.63) is 75.7 Å². The molecule has 3 aromatic rings. The van der Waals surface area contributed by atoms with Crippen LogP contribution in [0.4, 0.5) is 0 Å². The lowest BCUT2D eigenvalue weighted by molar-refractivity contribution is 1.35. The first-order valence-electron chi connectivity index (χ1n) is 7.04. The Hall–Kier alpha value is -1.03. The Bertz CT molecular complexity index is 820. The highest BCUT2D eigenvalue weighted by atomic mass is 79.9. The average molecular weight is 434 g/mol. The average Bonchev–Trinajstić information content (AvgIpc) is 2.78. The van der Waals surface area contributed by atoms with Gasteiger partial charge < -0.3 is 0 Å². The number of hydrogen-bond acceptors (Lipinski definition) is 0. The van der Waals surface area contributed by atoms with E-state index in [1.165, 1.54) is 25.8 Å². The SMILES string of the molecule is CS1(c2ccccc2)c2cc(Br)ccc2-c2ccc(Br)cc21. The summed E-state index contributed by atoms with van der Waals surface area (Å²) in [6.07, 6.45) is 2.41. The first-order valence-corrected chi connectivity index (χ1v) is 10.7. The van der Waals surface area contributed by atoms with E-state index in [1.807, 2.05) is 0 Å². The molecule has 0 aliphatic carbocycles. The van der Waals surface area contributed by atoms with E-state index in [0.29, 0.717) is 0 Å². The van der Waals surface area contributed by atoms with Gasteiger partial charge in [0.25, 0.3) is 0 Å². The van der Waals surface area contributed by atoms with Crippen LogP contribution >= 0.6 is 41.9 Å². The topological polar surface area (TPSA) is 0 Å². The van der Waals surface area contributed by atoms with Gasteiger partial charge in [0.1, 0.15) is 0 Å². The molecule has 4 rings (SSSR count). The highest BCUT2D eigenvalue weighted by Gasteiger charge is 2.36. The van der Waals surface area contributed by atoms with Gasteiger partial charge in [0.15, 0.2) is 0 Å². The fourth-order valence-electron chi connectivity index (χ4n) is 3.18. The summed E-state index contributed by atoms with van der Waals surface area (Å²) in [6, 6.07) is 24.2. The van der Waals surface area contributed by atoms with Crippen molar-refractivity contribution >= 4 is 41.9 Å². The third kappa shape index (κ3) is 2.03. The molecule has 0 nitrogen and oxygen atoms in total. The second-order valence-electron chi connectivity index (χ2n) is 5.51. The van der Waals surface area contributed by atoms with E-state index in [-0.39, 0.29) is 0 Å². The molecule has 3 heteroatoms. The van der Waals surface area contributed by atoms with Crippen molar-refractivity contribution in [3.8, 4) is 11.1 Å². The van der Waals surface area contributed by atoms with Gasteiger partial charge in [-0.1, -0.05) is 62.2 Å². The largest absolute Gasteiger partial charge is 0.162 e. The molecule has 22 heavy (non-hydrogen) atoms. The molecule has 0 atom stereocenters. The second kappa shape index (κ2) is 5.26. The first kappa shape index (κ1) is 14.6. The van der Waals surface area contributed by atoms with Gasteiger partial charge in [0.2, 0.25) is 0 Å². The van der Waals surface area contributed by atoms with Crippen LogP contribution in [0.25, 0.3) is 11.1 Å². The monoisotopic (exact) mass is 432 g/mol. The van der Waals surface area contributed by atoms with Crippen LogP contribution in [-0.2, 0) is 0 Å². The molecule has 3 aromatic carbocycles. The fraction of sp³-hybridized carbons (Fsp3) is 0.0526. The predicted molar refractivity (Wildman–Crippen MR) is 102 cm³/mol. The molecule has 1 aliphatic rings. The molecule has 1 heterocycles. The van der Waals surface area contributed by atoms with Gasteiger partial charge in [0.05, 0.1) is 0 Å². The summed E-state index contributed by atoms with van der Waals surface area (Å²) < 4.78 is 2.29. The lowest BCUT2D eigenvalue weighted by Gasteiger charge is -2.34.